The Morgan fingerprint density at radius 3 is 2.92 bits per heavy atom. The highest BCUT2D eigenvalue weighted by molar-refractivity contribution is 4.78. The molecule has 1 heterocycles. The predicted molar refractivity (Wildman–Crippen MR) is 55.9 cm³/mol. The Balaban J connectivity index is 2.18. The van der Waals surface area contributed by atoms with Gasteiger partial charge in [-0.15, -0.1) is 0 Å². The minimum absolute atomic E-state index is 0.447. The Hall–Kier alpha value is -0.0800. The third kappa shape index (κ3) is 3.65. The van der Waals surface area contributed by atoms with E-state index in [-0.39, 0.29) is 0 Å². The van der Waals surface area contributed by atoms with Crippen LogP contribution in [0.5, 0.6) is 0 Å². The highest BCUT2D eigenvalue weighted by Crippen LogP contribution is 2.14. The Kier molecular flexibility index (Phi) is 4.74. The van der Waals surface area contributed by atoms with Gasteiger partial charge < -0.3 is 10.1 Å². The van der Waals surface area contributed by atoms with E-state index in [4.69, 9.17) is 4.74 Å². The number of hydrogen-bond donors (Lipinski definition) is 1. The number of rotatable bonds is 4. The minimum Gasteiger partial charge on any atom is -0.376 e. The first-order chi connectivity index (χ1) is 6.24. The van der Waals surface area contributed by atoms with Crippen molar-refractivity contribution in [1.29, 1.82) is 0 Å². The molecule has 1 aliphatic heterocycles. The molecule has 3 atom stereocenters. The number of piperidine rings is 1. The molecule has 1 rings (SSSR count). The van der Waals surface area contributed by atoms with Gasteiger partial charge in [-0.2, -0.15) is 0 Å². The lowest BCUT2D eigenvalue weighted by molar-refractivity contribution is -0.00372. The molecule has 3 unspecified atom stereocenters. The van der Waals surface area contributed by atoms with Crippen LogP contribution < -0.4 is 5.32 Å². The lowest BCUT2D eigenvalue weighted by Gasteiger charge is -2.30. The first kappa shape index (κ1) is 11.0. The minimum atomic E-state index is 0.447. The Labute approximate surface area is 82.0 Å². The summed E-state index contributed by atoms with van der Waals surface area (Å²) < 4.78 is 5.89. The van der Waals surface area contributed by atoms with E-state index < -0.39 is 0 Å². The van der Waals surface area contributed by atoms with Gasteiger partial charge in [-0.1, -0.05) is 20.3 Å². The third-order valence-corrected chi connectivity index (χ3v) is 2.98. The second kappa shape index (κ2) is 5.61. The molecular weight excluding hydrogens is 162 g/mol. The molecule has 78 valence electrons. The van der Waals surface area contributed by atoms with Crippen LogP contribution in [0.3, 0.4) is 0 Å². The summed E-state index contributed by atoms with van der Waals surface area (Å²) in [5, 5.41) is 3.45. The average Bonchev–Trinajstić information content (AvgIpc) is 2.16. The number of nitrogens with one attached hydrogen (secondary N) is 1. The maximum Gasteiger partial charge on any atom is 0.0725 e. The standard InChI is InChI=1S/C11H23NO/c1-4-9(2)8-13-11-6-5-7-12-10(11)3/h9-12H,4-8H2,1-3H3. The molecule has 0 radical (unpaired) electrons. The van der Waals surface area contributed by atoms with E-state index in [1.807, 2.05) is 0 Å². The fourth-order valence-electron chi connectivity index (χ4n) is 1.65. The number of hydrogen-bond acceptors (Lipinski definition) is 2. The average molecular weight is 185 g/mol. The topological polar surface area (TPSA) is 21.3 Å². The first-order valence-corrected chi connectivity index (χ1v) is 5.59. The molecule has 1 aliphatic rings. The van der Waals surface area contributed by atoms with Crippen molar-refractivity contribution in [3.8, 4) is 0 Å². The van der Waals surface area contributed by atoms with Crippen LogP contribution >= 0.6 is 0 Å². The summed E-state index contributed by atoms with van der Waals surface area (Å²) in [6, 6.07) is 0.540. The smallest absolute Gasteiger partial charge is 0.0725 e. The maximum atomic E-state index is 5.89. The summed E-state index contributed by atoms with van der Waals surface area (Å²) >= 11 is 0. The summed E-state index contributed by atoms with van der Waals surface area (Å²) in [6.45, 7) is 8.77. The van der Waals surface area contributed by atoms with Gasteiger partial charge in [0.1, 0.15) is 0 Å². The molecule has 1 fully saturated rings. The second-order valence-electron chi connectivity index (χ2n) is 4.27. The maximum absolute atomic E-state index is 5.89. The lowest BCUT2D eigenvalue weighted by atomic mass is 10.0. The van der Waals surface area contributed by atoms with Crippen LogP contribution in [0.4, 0.5) is 0 Å². The van der Waals surface area contributed by atoms with Crippen molar-refractivity contribution in [2.75, 3.05) is 13.2 Å². The van der Waals surface area contributed by atoms with E-state index in [2.05, 4.69) is 26.1 Å². The molecular formula is C11H23NO. The van der Waals surface area contributed by atoms with Gasteiger partial charge in [-0.3, -0.25) is 0 Å². The van der Waals surface area contributed by atoms with Gasteiger partial charge >= 0.3 is 0 Å². The zero-order chi connectivity index (χ0) is 9.68. The normalized spacial score (nSPS) is 31.6. The second-order valence-corrected chi connectivity index (χ2v) is 4.27. The molecule has 0 amide bonds. The van der Waals surface area contributed by atoms with Gasteiger partial charge in [0.05, 0.1) is 6.10 Å². The molecule has 0 aliphatic carbocycles. The van der Waals surface area contributed by atoms with E-state index in [0.717, 1.165) is 13.2 Å². The Morgan fingerprint density at radius 1 is 1.54 bits per heavy atom. The fraction of sp³-hybridized carbons (Fsp3) is 1.00. The highest BCUT2D eigenvalue weighted by Gasteiger charge is 2.21. The summed E-state index contributed by atoms with van der Waals surface area (Å²) in [7, 11) is 0. The Bertz CT molecular complexity index is 138. The molecule has 0 aromatic carbocycles. The van der Waals surface area contributed by atoms with Crippen LogP contribution in [0.1, 0.15) is 40.0 Å². The van der Waals surface area contributed by atoms with Crippen LogP contribution in [-0.4, -0.2) is 25.3 Å². The van der Waals surface area contributed by atoms with Gasteiger partial charge in [-0.25, -0.2) is 0 Å². The molecule has 0 aromatic rings. The monoisotopic (exact) mass is 185 g/mol. The first-order valence-electron chi connectivity index (χ1n) is 5.59. The summed E-state index contributed by atoms with van der Waals surface area (Å²) in [4.78, 5) is 0. The molecule has 0 aromatic heterocycles. The zero-order valence-electron chi connectivity index (χ0n) is 9.18. The zero-order valence-corrected chi connectivity index (χ0v) is 9.18. The van der Waals surface area contributed by atoms with Crippen molar-refractivity contribution >= 4 is 0 Å². The molecule has 0 spiro atoms. The van der Waals surface area contributed by atoms with Crippen LogP contribution in [0.25, 0.3) is 0 Å². The predicted octanol–water partition coefficient (Wildman–Crippen LogP) is 2.19. The fourth-order valence-corrected chi connectivity index (χ4v) is 1.65. The van der Waals surface area contributed by atoms with E-state index in [1.54, 1.807) is 0 Å². The van der Waals surface area contributed by atoms with Gasteiger partial charge in [-0.05, 0) is 32.2 Å². The molecule has 0 bridgehead atoms. The van der Waals surface area contributed by atoms with Crippen molar-refractivity contribution < 1.29 is 4.74 Å². The van der Waals surface area contributed by atoms with Crippen LogP contribution in [-0.2, 0) is 4.74 Å². The van der Waals surface area contributed by atoms with Crippen LogP contribution in [0.2, 0.25) is 0 Å². The van der Waals surface area contributed by atoms with E-state index in [9.17, 15) is 0 Å². The molecule has 2 nitrogen and oxygen atoms in total. The van der Waals surface area contributed by atoms with Gasteiger partial charge in [0, 0.05) is 12.6 Å². The highest BCUT2D eigenvalue weighted by atomic mass is 16.5. The Morgan fingerprint density at radius 2 is 2.31 bits per heavy atom. The van der Waals surface area contributed by atoms with Crippen molar-refractivity contribution in [2.24, 2.45) is 5.92 Å². The number of ether oxygens (including phenoxy) is 1. The molecule has 1 N–H and O–H groups in total. The molecule has 1 saturated heterocycles. The van der Waals surface area contributed by atoms with Gasteiger partial charge in [0.25, 0.3) is 0 Å². The van der Waals surface area contributed by atoms with Crippen molar-refractivity contribution in [2.45, 2.75) is 52.2 Å². The van der Waals surface area contributed by atoms with Crippen molar-refractivity contribution in [1.82, 2.24) is 5.32 Å². The van der Waals surface area contributed by atoms with Gasteiger partial charge in [0.2, 0.25) is 0 Å². The van der Waals surface area contributed by atoms with E-state index >= 15 is 0 Å². The molecule has 13 heavy (non-hydrogen) atoms. The van der Waals surface area contributed by atoms with Crippen molar-refractivity contribution in [3.63, 3.8) is 0 Å². The molecule has 0 saturated carbocycles. The summed E-state index contributed by atoms with van der Waals surface area (Å²) in [6.07, 6.45) is 4.15. The SMILES string of the molecule is CCC(C)COC1CCCNC1C. The van der Waals surface area contributed by atoms with Crippen LogP contribution in [0, 0.1) is 5.92 Å². The molecule has 2 heteroatoms. The van der Waals surface area contributed by atoms with Crippen LogP contribution in [0.15, 0.2) is 0 Å². The van der Waals surface area contributed by atoms with E-state index in [0.29, 0.717) is 18.1 Å². The van der Waals surface area contributed by atoms with E-state index in [1.165, 1.54) is 19.3 Å². The lowest BCUT2D eigenvalue weighted by Crippen LogP contribution is -2.44. The quantitative estimate of drug-likeness (QED) is 0.725. The van der Waals surface area contributed by atoms with Gasteiger partial charge in [0.15, 0.2) is 0 Å². The third-order valence-electron chi connectivity index (χ3n) is 2.98. The largest absolute Gasteiger partial charge is 0.376 e. The van der Waals surface area contributed by atoms with Crippen molar-refractivity contribution in [3.05, 3.63) is 0 Å². The summed E-state index contributed by atoms with van der Waals surface area (Å²) in [5.41, 5.74) is 0. The summed E-state index contributed by atoms with van der Waals surface area (Å²) in [5.74, 6) is 0.703.